The van der Waals surface area contributed by atoms with E-state index < -0.39 is 0 Å². The molecule has 0 aliphatic heterocycles. The molecule has 0 heterocycles. The normalized spacial score (nSPS) is 15.9. The molecule has 82 valence electrons. The molecule has 1 saturated carbocycles. The first kappa shape index (κ1) is 10.3. The van der Waals surface area contributed by atoms with Gasteiger partial charge < -0.3 is 10.1 Å². The Kier molecular flexibility index (Phi) is 2.85. The van der Waals surface area contributed by atoms with E-state index in [-0.39, 0.29) is 0 Å². The molecule has 1 fully saturated rings. The second-order valence-electron chi connectivity index (χ2n) is 4.36. The largest absolute Gasteiger partial charge is 0.496 e. The molecule has 0 atom stereocenters. The third kappa shape index (κ3) is 1.94. The van der Waals surface area contributed by atoms with Gasteiger partial charge in [0.05, 0.1) is 7.11 Å². The summed E-state index contributed by atoms with van der Waals surface area (Å²) in [5.74, 6) is 1.01. The van der Waals surface area contributed by atoms with E-state index >= 15 is 0 Å². The molecule has 15 heavy (non-hydrogen) atoms. The summed E-state index contributed by atoms with van der Waals surface area (Å²) >= 11 is 0. The fourth-order valence-electron chi connectivity index (χ4n) is 2.07. The van der Waals surface area contributed by atoms with Crippen LogP contribution in [0.1, 0.15) is 30.4 Å². The summed E-state index contributed by atoms with van der Waals surface area (Å²) in [6.07, 6.45) is 3.96. The van der Waals surface area contributed by atoms with E-state index in [4.69, 9.17) is 4.74 Å². The molecule has 2 heteroatoms. The van der Waals surface area contributed by atoms with E-state index in [1.54, 1.807) is 7.11 Å². The zero-order valence-electron chi connectivity index (χ0n) is 9.76. The molecule has 0 unspecified atom stereocenters. The maximum Gasteiger partial charge on any atom is 0.126 e. The maximum absolute atomic E-state index is 5.41. The van der Waals surface area contributed by atoms with E-state index in [9.17, 15) is 0 Å². The first-order valence-corrected chi connectivity index (χ1v) is 5.63. The quantitative estimate of drug-likeness (QED) is 0.817. The van der Waals surface area contributed by atoms with Gasteiger partial charge in [0.15, 0.2) is 0 Å². The molecule has 0 aromatic heterocycles. The zero-order chi connectivity index (χ0) is 10.8. The smallest absolute Gasteiger partial charge is 0.126 e. The van der Waals surface area contributed by atoms with Crippen molar-refractivity contribution < 1.29 is 4.74 Å². The van der Waals surface area contributed by atoms with E-state index in [1.807, 2.05) is 0 Å². The number of rotatable bonds is 3. The van der Waals surface area contributed by atoms with Crippen molar-refractivity contribution in [2.24, 2.45) is 0 Å². The zero-order valence-corrected chi connectivity index (χ0v) is 9.76. The number of anilines is 1. The standard InChI is InChI=1S/C13H19NO/c1-9-7-8-12(10(2)13(9)15-3)14-11-5-4-6-11/h7-8,11,14H,4-6H2,1-3H3. The van der Waals surface area contributed by atoms with Gasteiger partial charge in [-0.2, -0.15) is 0 Å². The van der Waals surface area contributed by atoms with Gasteiger partial charge in [-0.25, -0.2) is 0 Å². The second kappa shape index (κ2) is 4.13. The number of hydrogen-bond acceptors (Lipinski definition) is 2. The van der Waals surface area contributed by atoms with Gasteiger partial charge in [-0.1, -0.05) is 6.07 Å². The Morgan fingerprint density at radius 1 is 1.27 bits per heavy atom. The van der Waals surface area contributed by atoms with Gasteiger partial charge in [0, 0.05) is 17.3 Å². The van der Waals surface area contributed by atoms with E-state index in [2.05, 4.69) is 31.3 Å². The van der Waals surface area contributed by atoms with Gasteiger partial charge in [-0.3, -0.25) is 0 Å². The topological polar surface area (TPSA) is 21.3 Å². The predicted octanol–water partition coefficient (Wildman–Crippen LogP) is 3.28. The van der Waals surface area contributed by atoms with Gasteiger partial charge in [0.2, 0.25) is 0 Å². The van der Waals surface area contributed by atoms with E-state index in [0.29, 0.717) is 6.04 Å². The summed E-state index contributed by atoms with van der Waals surface area (Å²) in [4.78, 5) is 0. The van der Waals surface area contributed by atoms with Crippen molar-refractivity contribution >= 4 is 5.69 Å². The minimum Gasteiger partial charge on any atom is -0.496 e. The van der Waals surface area contributed by atoms with Crippen LogP contribution >= 0.6 is 0 Å². The predicted molar refractivity (Wildman–Crippen MR) is 63.7 cm³/mol. The van der Waals surface area contributed by atoms with Crippen molar-refractivity contribution in [1.82, 2.24) is 0 Å². The fourth-order valence-corrected chi connectivity index (χ4v) is 2.07. The van der Waals surface area contributed by atoms with Crippen LogP contribution in [0.2, 0.25) is 0 Å². The maximum atomic E-state index is 5.41. The van der Waals surface area contributed by atoms with Crippen LogP contribution in [-0.4, -0.2) is 13.2 Å². The van der Waals surface area contributed by atoms with Gasteiger partial charge in [-0.15, -0.1) is 0 Å². The molecule has 0 radical (unpaired) electrons. The Bertz CT molecular complexity index is 356. The van der Waals surface area contributed by atoms with Crippen LogP contribution < -0.4 is 10.1 Å². The highest BCUT2D eigenvalue weighted by Crippen LogP contribution is 2.31. The lowest BCUT2D eigenvalue weighted by molar-refractivity contribution is 0.408. The molecule has 0 saturated heterocycles. The summed E-state index contributed by atoms with van der Waals surface area (Å²) in [6, 6.07) is 4.95. The first-order valence-electron chi connectivity index (χ1n) is 5.63. The van der Waals surface area contributed by atoms with Crippen LogP contribution in [-0.2, 0) is 0 Å². The number of methoxy groups -OCH3 is 1. The van der Waals surface area contributed by atoms with Crippen molar-refractivity contribution in [1.29, 1.82) is 0 Å². The lowest BCUT2D eigenvalue weighted by Crippen LogP contribution is -2.27. The lowest BCUT2D eigenvalue weighted by Gasteiger charge is -2.28. The van der Waals surface area contributed by atoms with Crippen LogP contribution in [0.25, 0.3) is 0 Å². The van der Waals surface area contributed by atoms with Crippen molar-refractivity contribution in [2.75, 3.05) is 12.4 Å². The fraction of sp³-hybridized carbons (Fsp3) is 0.538. The summed E-state index contributed by atoms with van der Waals surface area (Å²) in [6.45, 7) is 4.20. The highest BCUT2D eigenvalue weighted by Gasteiger charge is 2.18. The van der Waals surface area contributed by atoms with E-state index in [1.165, 1.54) is 36.1 Å². The van der Waals surface area contributed by atoms with Crippen molar-refractivity contribution in [3.63, 3.8) is 0 Å². The van der Waals surface area contributed by atoms with E-state index in [0.717, 1.165) is 5.75 Å². The molecule has 0 spiro atoms. The van der Waals surface area contributed by atoms with Gasteiger partial charge in [-0.05, 0) is 44.7 Å². The molecule has 2 nitrogen and oxygen atoms in total. The number of hydrogen-bond donors (Lipinski definition) is 1. The molecular weight excluding hydrogens is 186 g/mol. The van der Waals surface area contributed by atoms with Crippen LogP contribution in [0.4, 0.5) is 5.69 Å². The minimum atomic E-state index is 0.677. The molecular formula is C13H19NO. The highest BCUT2D eigenvalue weighted by atomic mass is 16.5. The number of nitrogens with one attached hydrogen (secondary N) is 1. The summed E-state index contributed by atoms with van der Waals surface area (Å²) < 4.78 is 5.41. The minimum absolute atomic E-state index is 0.677. The van der Waals surface area contributed by atoms with Crippen molar-refractivity contribution in [2.45, 2.75) is 39.2 Å². The number of benzene rings is 1. The summed E-state index contributed by atoms with van der Waals surface area (Å²) in [7, 11) is 1.74. The van der Waals surface area contributed by atoms with Gasteiger partial charge in [0.1, 0.15) is 5.75 Å². The Morgan fingerprint density at radius 2 is 2.00 bits per heavy atom. The van der Waals surface area contributed by atoms with Gasteiger partial charge in [0.25, 0.3) is 0 Å². The second-order valence-corrected chi connectivity index (χ2v) is 4.36. The Labute approximate surface area is 91.6 Å². The summed E-state index contributed by atoms with van der Waals surface area (Å²) in [5.41, 5.74) is 3.65. The third-order valence-electron chi connectivity index (χ3n) is 3.27. The molecule has 2 rings (SSSR count). The number of aryl methyl sites for hydroxylation is 1. The lowest BCUT2D eigenvalue weighted by atomic mass is 9.92. The molecule has 1 aromatic rings. The van der Waals surface area contributed by atoms with Crippen LogP contribution in [0.3, 0.4) is 0 Å². The molecule has 1 aromatic carbocycles. The summed E-state index contributed by atoms with van der Waals surface area (Å²) in [5, 5.41) is 3.57. The van der Waals surface area contributed by atoms with Crippen LogP contribution in [0, 0.1) is 13.8 Å². The highest BCUT2D eigenvalue weighted by molar-refractivity contribution is 5.60. The van der Waals surface area contributed by atoms with Crippen molar-refractivity contribution in [3.05, 3.63) is 23.3 Å². The SMILES string of the molecule is COc1c(C)ccc(NC2CCC2)c1C. The Morgan fingerprint density at radius 3 is 2.53 bits per heavy atom. The van der Waals surface area contributed by atoms with Crippen LogP contribution in [0.5, 0.6) is 5.75 Å². The molecule has 1 aliphatic carbocycles. The Balaban J connectivity index is 2.23. The van der Waals surface area contributed by atoms with Crippen LogP contribution in [0.15, 0.2) is 12.1 Å². The third-order valence-corrected chi connectivity index (χ3v) is 3.27. The molecule has 1 aliphatic rings. The number of ether oxygens (including phenoxy) is 1. The average Bonchev–Trinajstić information content (AvgIpc) is 2.15. The monoisotopic (exact) mass is 205 g/mol. The van der Waals surface area contributed by atoms with Crippen molar-refractivity contribution in [3.8, 4) is 5.75 Å². The average molecular weight is 205 g/mol. The van der Waals surface area contributed by atoms with Gasteiger partial charge >= 0.3 is 0 Å². The molecule has 1 N–H and O–H groups in total. The Hall–Kier alpha value is -1.18. The molecule has 0 bridgehead atoms. The first-order chi connectivity index (χ1) is 7.22. The molecule has 0 amide bonds.